The molecule has 0 aliphatic carbocycles. The molecule has 3 aromatic rings. The van der Waals surface area contributed by atoms with Crippen LogP contribution in [0, 0.1) is 5.82 Å². The lowest BCUT2D eigenvalue weighted by atomic mass is 10.2. The highest BCUT2D eigenvalue weighted by atomic mass is 19.3. The number of carbonyl (C=O) groups is 1. The second-order valence-corrected chi connectivity index (χ2v) is 7.19. The van der Waals surface area contributed by atoms with Gasteiger partial charge in [-0.1, -0.05) is 6.92 Å². The summed E-state index contributed by atoms with van der Waals surface area (Å²) in [7, 11) is 0. The fourth-order valence-electron chi connectivity index (χ4n) is 3.18. The van der Waals surface area contributed by atoms with Gasteiger partial charge in [0.05, 0.1) is 18.4 Å². The Morgan fingerprint density at radius 3 is 2.94 bits per heavy atom. The molecule has 1 amide bonds. The smallest absolute Gasteiger partial charge is 0.265 e. The van der Waals surface area contributed by atoms with Crippen molar-refractivity contribution in [2.45, 2.75) is 25.4 Å². The molecule has 3 heterocycles. The summed E-state index contributed by atoms with van der Waals surface area (Å²) >= 11 is 0. The van der Waals surface area contributed by atoms with E-state index in [-0.39, 0.29) is 41.6 Å². The average molecular weight is 435 g/mol. The Labute approximate surface area is 175 Å². The minimum absolute atomic E-state index is 0.0248. The largest absolute Gasteiger partial charge is 0.489 e. The number of hydrogen-bond donors (Lipinski definition) is 2. The van der Waals surface area contributed by atoms with E-state index in [1.807, 2.05) is 0 Å². The van der Waals surface area contributed by atoms with Gasteiger partial charge >= 0.3 is 0 Å². The standard InChI is InChI=1S/C20H20F3N5O3/c1-2-20(22,23)11-27-15-7-12(21)3-4-16(15)31-10-13(29)8-24-19(30)14-9-25-28-6-5-17(27)26-18(14)28/h3-7,9,13,29H,2,8,10-11H2,1H3,(H,24,30)/t13-/m0/s1. The zero-order chi connectivity index (χ0) is 22.2. The van der Waals surface area contributed by atoms with E-state index >= 15 is 0 Å². The first kappa shape index (κ1) is 20.9. The fourth-order valence-corrected chi connectivity index (χ4v) is 3.18. The van der Waals surface area contributed by atoms with Crippen LogP contribution in [-0.2, 0) is 0 Å². The molecular formula is C20H20F3N5O3. The van der Waals surface area contributed by atoms with E-state index in [1.165, 1.54) is 36.0 Å². The molecule has 11 heteroatoms. The van der Waals surface area contributed by atoms with E-state index in [2.05, 4.69) is 15.4 Å². The van der Waals surface area contributed by atoms with Crippen LogP contribution in [0.3, 0.4) is 0 Å². The second kappa shape index (κ2) is 8.06. The maximum atomic E-state index is 14.5. The van der Waals surface area contributed by atoms with Crippen molar-refractivity contribution in [3.8, 4) is 5.75 Å². The van der Waals surface area contributed by atoms with E-state index in [0.29, 0.717) is 0 Å². The molecule has 2 N–H and O–H groups in total. The molecule has 0 fully saturated rings. The zero-order valence-corrected chi connectivity index (χ0v) is 16.6. The lowest BCUT2D eigenvalue weighted by Gasteiger charge is -2.29. The minimum Gasteiger partial charge on any atom is -0.489 e. The first-order valence-corrected chi connectivity index (χ1v) is 9.66. The molecule has 0 unspecified atom stereocenters. The average Bonchev–Trinajstić information content (AvgIpc) is 3.18. The van der Waals surface area contributed by atoms with Crippen molar-refractivity contribution in [2.24, 2.45) is 0 Å². The van der Waals surface area contributed by atoms with Gasteiger partial charge in [0.1, 0.15) is 35.7 Å². The number of nitrogens with one attached hydrogen (secondary N) is 1. The Morgan fingerprint density at radius 1 is 1.35 bits per heavy atom. The van der Waals surface area contributed by atoms with E-state index in [0.717, 1.165) is 17.0 Å². The molecule has 164 valence electrons. The Morgan fingerprint density at radius 2 is 2.16 bits per heavy atom. The van der Waals surface area contributed by atoms with Crippen molar-refractivity contribution in [3.05, 3.63) is 48.0 Å². The van der Waals surface area contributed by atoms with Crippen molar-refractivity contribution < 1.29 is 27.8 Å². The van der Waals surface area contributed by atoms with Crippen molar-refractivity contribution in [1.82, 2.24) is 19.9 Å². The third-order valence-corrected chi connectivity index (χ3v) is 4.92. The molecule has 0 radical (unpaired) electrons. The van der Waals surface area contributed by atoms with Gasteiger partial charge in [-0.05, 0) is 18.2 Å². The predicted octanol–water partition coefficient (Wildman–Crippen LogP) is 2.53. The number of amides is 1. The monoisotopic (exact) mass is 435 g/mol. The number of hydrogen-bond acceptors (Lipinski definition) is 6. The molecule has 0 saturated heterocycles. The first-order valence-electron chi connectivity index (χ1n) is 9.66. The topological polar surface area (TPSA) is 92.0 Å². The van der Waals surface area contributed by atoms with Gasteiger partial charge in [-0.25, -0.2) is 22.7 Å². The van der Waals surface area contributed by atoms with Gasteiger partial charge in [-0.15, -0.1) is 0 Å². The number of carbonyl (C=O) groups excluding carboxylic acids is 1. The van der Waals surface area contributed by atoms with Crippen LogP contribution in [0.5, 0.6) is 5.75 Å². The van der Waals surface area contributed by atoms with Crippen LogP contribution in [-0.4, -0.2) is 57.3 Å². The summed E-state index contributed by atoms with van der Waals surface area (Å²) < 4.78 is 50.0. The summed E-state index contributed by atoms with van der Waals surface area (Å²) in [5, 5.41) is 16.8. The van der Waals surface area contributed by atoms with Crippen LogP contribution in [0.4, 0.5) is 24.7 Å². The van der Waals surface area contributed by atoms with Gasteiger partial charge in [0.25, 0.3) is 11.8 Å². The van der Waals surface area contributed by atoms with Gasteiger partial charge in [0, 0.05) is 25.2 Å². The van der Waals surface area contributed by atoms with Crippen LogP contribution in [0.15, 0.2) is 36.7 Å². The molecule has 1 aromatic carbocycles. The van der Waals surface area contributed by atoms with Gasteiger partial charge < -0.3 is 20.1 Å². The highest BCUT2D eigenvalue weighted by molar-refractivity contribution is 5.99. The predicted molar refractivity (Wildman–Crippen MR) is 105 cm³/mol. The number of fused-ring (bicyclic) bond motifs is 2. The summed E-state index contributed by atoms with van der Waals surface area (Å²) in [6.45, 7) is 0.177. The van der Waals surface area contributed by atoms with Gasteiger partial charge in [0.15, 0.2) is 5.65 Å². The molecular weight excluding hydrogens is 415 g/mol. The lowest BCUT2D eigenvalue weighted by Crippen LogP contribution is -2.35. The molecule has 0 saturated carbocycles. The Balaban J connectivity index is 1.93. The molecule has 31 heavy (non-hydrogen) atoms. The van der Waals surface area contributed by atoms with Gasteiger partial charge in [0.2, 0.25) is 0 Å². The van der Waals surface area contributed by atoms with Crippen LogP contribution >= 0.6 is 0 Å². The Hall–Kier alpha value is -3.34. The van der Waals surface area contributed by atoms with Crippen LogP contribution in [0.25, 0.3) is 5.65 Å². The number of nitrogens with zero attached hydrogens (tertiary/aromatic N) is 4. The highest BCUT2D eigenvalue weighted by Gasteiger charge is 2.33. The number of aliphatic hydroxyl groups is 1. The van der Waals surface area contributed by atoms with Crippen molar-refractivity contribution in [1.29, 1.82) is 0 Å². The number of rotatable bonds is 3. The van der Waals surface area contributed by atoms with E-state index in [1.54, 1.807) is 0 Å². The van der Waals surface area contributed by atoms with Crippen LogP contribution in [0.1, 0.15) is 23.7 Å². The molecule has 2 bridgehead atoms. The Bertz CT molecular complexity index is 1120. The van der Waals surface area contributed by atoms with Crippen LogP contribution in [0.2, 0.25) is 0 Å². The third-order valence-electron chi connectivity index (χ3n) is 4.92. The van der Waals surface area contributed by atoms with E-state index in [9.17, 15) is 23.1 Å². The van der Waals surface area contributed by atoms with Gasteiger partial charge in [-0.2, -0.15) is 5.10 Å². The number of alkyl halides is 2. The molecule has 1 aliphatic heterocycles. The van der Waals surface area contributed by atoms with Crippen molar-refractivity contribution in [2.75, 3.05) is 24.6 Å². The summed E-state index contributed by atoms with van der Waals surface area (Å²) in [5.41, 5.74) is 0.264. The number of benzene rings is 1. The van der Waals surface area contributed by atoms with E-state index in [4.69, 9.17) is 4.74 Å². The quantitative estimate of drug-likeness (QED) is 0.657. The Kier molecular flexibility index (Phi) is 5.44. The summed E-state index contributed by atoms with van der Waals surface area (Å²) in [5.74, 6) is -4.16. The fraction of sp³-hybridized carbons (Fsp3) is 0.350. The number of β-amino-alcohol motifs (C(OH)–C–C–N with tert-alkyl or cyclic N) is 1. The number of anilines is 2. The molecule has 8 nitrogen and oxygen atoms in total. The zero-order valence-electron chi connectivity index (χ0n) is 16.6. The SMILES string of the molecule is CCC(F)(F)CN1c2ccn3ncc(c3n2)C(=O)NC[C@H](O)COc2ccc(F)cc21. The number of halogens is 3. The van der Waals surface area contributed by atoms with Crippen molar-refractivity contribution >= 4 is 23.1 Å². The van der Waals surface area contributed by atoms with Gasteiger partial charge in [-0.3, -0.25) is 4.79 Å². The molecule has 1 atom stereocenters. The minimum atomic E-state index is -3.12. The number of ether oxygens (including phenoxy) is 1. The molecule has 1 aliphatic rings. The van der Waals surface area contributed by atoms with E-state index < -0.39 is 36.7 Å². The second-order valence-electron chi connectivity index (χ2n) is 7.19. The first-order chi connectivity index (χ1) is 14.8. The summed E-state index contributed by atoms with van der Waals surface area (Å²) in [4.78, 5) is 18.0. The molecule has 0 spiro atoms. The molecule has 2 aromatic heterocycles. The van der Waals surface area contributed by atoms with Crippen LogP contribution < -0.4 is 15.0 Å². The van der Waals surface area contributed by atoms with Crippen molar-refractivity contribution in [3.63, 3.8) is 0 Å². The third kappa shape index (κ3) is 4.26. The maximum absolute atomic E-state index is 14.5. The maximum Gasteiger partial charge on any atom is 0.265 e. The summed E-state index contributed by atoms with van der Waals surface area (Å²) in [6.07, 6.45) is 1.23. The summed E-state index contributed by atoms with van der Waals surface area (Å²) in [6, 6.07) is 4.94. The lowest BCUT2D eigenvalue weighted by molar-refractivity contribution is 0.00702. The number of aliphatic hydroxyl groups excluding tert-OH is 1. The normalized spacial score (nSPS) is 17.4. The molecule has 4 rings (SSSR count). The number of aromatic nitrogens is 3. The highest BCUT2D eigenvalue weighted by Crippen LogP contribution is 2.37.